The van der Waals surface area contributed by atoms with Crippen LogP contribution in [0.3, 0.4) is 0 Å². The quantitative estimate of drug-likeness (QED) is 0.852. The van der Waals surface area contributed by atoms with E-state index in [9.17, 15) is 9.59 Å². The molecular formula is C16H19BrN2O2. The molecule has 112 valence electrons. The van der Waals surface area contributed by atoms with Crippen molar-refractivity contribution in [3.8, 4) is 0 Å². The number of amides is 2. The molecule has 0 aromatic heterocycles. The Morgan fingerprint density at radius 2 is 1.90 bits per heavy atom. The van der Waals surface area contributed by atoms with Crippen LogP contribution in [-0.4, -0.2) is 23.9 Å². The van der Waals surface area contributed by atoms with E-state index in [0.717, 1.165) is 17.3 Å². The molecule has 1 N–H and O–H groups in total. The number of imide groups is 1. The molecule has 2 amide bonds. The van der Waals surface area contributed by atoms with Crippen LogP contribution in [0.4, 0.5) is 5.69 Å². The van der Waals surface area contributed by atoms with Crippen LogP contribution in [-0.2, 0) is 9.59 Å². The first-order valence-electron chi connectivity index (χ1n) is 7.53. The minimum absolute atomic E-state index is 0.119. The van der Waals surface area contributed by atoms with Gasteiger partial charge < -0.3 is 5.32 Å². The summed E-state index contributed by atoms with van der Waals surface area (Å²) >= 11 is 3.38. The van der Waals surface area contributed by atoms with Gasteiger partial charge in [0.05, 0.1) is 18.2 Å². The molecule has 1 aliphatic carbocycles. The second-order valence-electron chi connectivity index (χ2n) is 5.81. The molecule has 1 saturated heterocycles. The van der Waals surface area contributed by atoms with Gasteiger partial charge in [0.2, 0.25) is 5.91 Å². The molecule has 2 aliphatic rings. The normalized spacial score (nSPS) is 23.9. The molecule has 4 nitrogen and oxygen atoms in total. The van der Waals surface area contributed by atoms with Gasteiger partial charge in [-0.2, -0.15) is 0 Å². The van der Waals surface area contributed by atoms with E-state index >= 15 is 0 Å². The molecular weight excluding hydrogens is 332 g/mol. The zero-order valence-electron chi connectivity index (χ0n) is 11.8. The summed E-state index contributed by atoms with van der Waals surface area (Å²) in [5, 5.41) is 3.39. The average Bonchev–Trinajstić information content (AvgIpc) is 2.74. The first-order chi connectivity index (χ1) is 10.1. The van der Waals surface area contributed by atoms with Crippen molar-refractivity contribution >= 4 is 33.4 Å². The van der Waals surface area contributed by atoms with Gasteiger partial charge in [-0.1, -0.05) is 41.3 Å². The monoisotopic (exact) mass is 350 g/mol. The molecule has 2 fully saturated rings. The molecule has 0 bridgehead atoms. The Morgan fingerprint density at radius 3 is 2.62 bits per heavy atom. The van der Waals surface area contributed by atoms with E-state index in [4.69, 9.17) is 0 Å². The number of hydrogen-bond donors (Lipinski definition) is 1. The third kappa shape index (κ3) is 3.19. The largest absolute Gasteiger partial charge is 0.303 e. The van der Waals surface area contributed by atoms with Crippen LogP contribution in [0.1, 0.15) is 38.5 Å². The predicted octanol–water partition coefficient (Wildman–Crippen LogP) is 3.00. The van der Waals surface area contributed by atoms with Gasteiger partial charge in [-0.15, -0.1) is 0 Å². The zero-order chi connectivity index (χ0) is 14.8. The lowest BCUT2D eigenvalue weighted by molar-refractivity contribution is -0.121. The molecule has 5 heteroatoms. The van der Waals surface area contributed by atoms with Crippen LogP contribution in [0.15, 0.2) is 28.7 Å². The van der Waals surface area contributed by atoms with E-state index in [1.807, 2.05) is 12.1 Å². The minimum atomic E-state index is -0.361. The fourth-order valence-corrected chi connectivity index (χ4v) is 3.59. The molecule has 3 rings (SSSR count). The summed E-state index contributed by atoms with van der Waals surface area (Å²) in [5.74, 6) is -0.241. The van der Waals surface area contributed by atoms with E-state index in [2.05, 4.69) is 21.2 Å². The first kappa shape index (κ1) is 14.7. The van der Waals surface area contributed by atoms with E-state index in [-0.39, 0.29) is 24.3 Å². The highest BCUT2D eigenvalue weighted by Gasteiger charge is 2.40. The lowest BCUT2D eigenvalue weighted by Crippen LogP contribution is -2.44. The second kappa shape index (κ2) is 6.28. The molecule has 0 spiro atoms. The first-order valence-corrected chi connectivity index (χ1v) is 8.33. The standard InChI is InChI=1S/C16H19BrN2O2/c17-11-5-4-8-13(9-11)19-15(20)10-14(16(19)21)18-12-6-2-1-3-7-12/h4-5,8-9,12,14,18H,1-3,6-7,10H2. The topological polar surface area (TPSA) is 49.4 Å². The van der Waals surface area contributed by atoms with E-state index in [1.54, 1.807) is 12.1 Å². The van der Waals surface area contributed by atoms with E-state index < -0.39 is 0 Å². The van der Waals surface area contributed by atoms with Gasteiger partial charge in [0, 0.05) is 10.5 Å². The van der Waals surface area contributed by atoms with Crippen molar-refractivity contribution in [1.82, 2.24) is 5.32 Å². The SMILES string of the molecule is O=C1CC(NC2CCCCC2)C(=O)N1c1cccc(Br)c1. The Morgan fingerprint density at radius 1 is 1.14 bits per heavy atom. The Bertz CT molecular complexity index is 555. The summed E-state index contributed by atoms with van der Waals surface area (Å²) in [6, 6.07) is 7.33. The average molecular weight is 351 g/mol. The van der Waals surface area contributed by atoms with Crippen LogP contribution < -0.4 is 10.2 Å². The number of rotatable bonds is 3. The van der Waals surface area contributed by atoms with Gasteiger partial charge in [0.15, 0.2) is 0 Å². The van der Waals surface area contributed by atoms with Gasteiger partial charge in [-0.05, 0) is 31.0 Å². The molecule has 1 saturated carbocycles. The summed E-state index contributed by atoms with van der Waals surface area (Å²) in [6.07, 6.45) is 6.18. The van der Waals surface area contributed by atoms with Gasteiger partial charge in [-0.25, -0.2) is 4.90 Å². The lowest BCUT2D eigenvalue weighted by atomic mass is 9.95. The molecule has 1 aromatic carbocycles. The highest BCUT2D eigenvalue weighted by atomic mass is 79.9. The smallest absolute Gasteiger partial charge is 0.251 e. The highest BCUT2D eigenvalue weighted by Crippen LogP contribution is 2.27. The number of anilines is 1. The molecule has 1 aromatic rings. The van der Waals surface area contributed by atoms with Crippen molar-refractivity contribution in [3.63, 3.8) is 0 Å². The van der Waals surface area contributed by atoms with Gasteiger partial charge >= 0.3 is 0 Å². The molecule has 0 radical (unpaired) electrons. The number of halogens is 1. The lowest BCUT2D eigenvalue weighted by Gasteiger charge is -2.25. The second-order valence-corrected chi connectivity index (χ2v) is 6.72. The van der Waals surface area contributed by atoms with Gasteiger partial charge in [0.25, 0.3) is 5.91 Å². The van der Waals surface area contributed by atoms with Crippen molar-refractivity contribution in [2.75, 3.05) is 4.90 Å². The van der Waals surface area contributed by atoms with Crippen molar-refractivity contribution in [3.05, 3.63) is 28.7 Å². The van der Waals surface area contributed by atoms with Crippen LogP contribution in [0.2, 0.25) is 0 Å². The van der Waals surface area contributed by atoms with Crippen molar-refractivity contribution in [1.29, 1.82) is 0 Å². The third-order valence-electron chi connectivity index (χ3n) is 4.26. The number of nitrogens with zero attached hydrogens (tertiary/aromatic N) is 1. The maximum Gasteiger partial charge on any atom is 0.251 e. The summed E-state index contributed by atoms with van der Waals surface area (Å²) < 4.78 is 0.865. The predicted molar refractivity (Wildman–Crippen MR) is 85.0 cm³/mol. The molecule has 1 atom stereocenters. The van der Waals surface area contributed by atoms with Crippen LogP contribution >= 0.6 is 15.9 Å². The van der Waals surface area contributed by atoms with E-state index in [0.29, 0.717) is 11.7 Å². The Hall–Kier alpha value is -1.20. The van der Waals surface area contributed by atoms with E-state index in [1.165, 1.54) is 24.2 Å². The van der Waals surface area contributed by atoms with Crippen molar-refractivity contribution in [2.24, 2.45) is 0 Å². The summed E-state index contributed by atoms with van der Waals surface area (Å²) in [4.78, 5) is 26.0. The number of hydrogen-bond acceptors (Lipinski definition) is 3. The number of nitrogens with one attached hydrogen (secondary N) is 1. The summed E-state index contributed by atoms with van der Waals surface area (Å²) in [5.41, 5.74) is 0.646. The maximum absolute atomic E-state index is 12.5. The number of carbonyl (C=O) groups excluding carboxylic acids is 2. The van der Waals surface area contributed by atoms with Crippen molar-refractivity contribution < 1.29 is 9.59 Å². The van der Waals surface area contributed by atoms with Crippen LogP contribution in [0.25, 0.3) is 0 Å². The summed E-state index contributed by atoms with van der Waals surface area (Å²) in [6.45, 7) is 0. The number of carbonyl (C=O) groups is 2. The minimum Gasteiger partial charge on any atom is -0.303 e. The molecule has 1 unspecified atom stereocenters. The third-order valence-corrected chi connectivity index (χ3v) is 4.75. The van der Waals surface area contributed by atoms with Crippen molar-refractivity contribution in [2.45, 2.75) is 50.6 Å². The molecule has 21 heavy (non-hydrogen) atoms. The Labute approximate surface area is 133 Å². The maximum atomic E-state index is 12.5. The molecule has 1 aliphatic heterocycles. The van der Waals surface area contributed by atoms with Crippen LogP contribution in [0, 0.1) is 0 Å². The Balaban J connectivity index is 1.72. The number of benzene rings is 1. The highest BCUT2D eigenvalue weighted by molar-refractivity contribution is 9.10. The Kier molecular flexibility index (Phi) is 4.40. The van der Waals surface area contributed by atoms with Gasteiger partial charge in [0.1, 0.15) is 0 Å². The van der Waals surface area contributed by atoms with Crippen LogP contribution in [0.5, 0.6) is 0 Å². The zero-order valence-corrected chi connectivity index (χ0v) is 13.4. The molecule has 1 heterocycles. The summed E-state index contributed by atoms with van der Waals surface area (Å²) in [7, 11) is 0. The van der Waals surface area contributed by atoms with Gasteiger partial charge in [-0.3, -0.25) is 9.59 Å². The fourth-order valence-electron chi connectivity index (χ4n) is 3.20. The fraction of sp³-hybridized carbons (Fsp3) is 0.500.